The van der Waals surface area contributed by atoms with Crippen LogP contribution >= 0.6 is 0 Å². The molecule has 1 unspecified atom stereocenters. The molecule has 1 heteroatoms. The Kier molecular flexibility index (Phi) is 1.54. The van der Waals surface area contributed by atoms with Gasteiger partial charge in [0.05, 0.1) is 6.04 Å². The summed E-state index contributed by atoms with van der Waals surface area (Å²) < 4.78 is 0. The van der Waals surface area contributed by atoms with Gasteiger partial charge in [0.15, 0.2) is 0 Å². The highest BCUT2D eigenvalue weighted by Crippen LogP contribution is 2.41. The van der Waals surface area contributed by atoms with E-state index in [9.17, 15) is 0 Å². The molecule has 1 atom stereocenters. The fourth-order valence-corrected chi connectivity index (χ4v) is 2.45. The molecular weight excluding hydrogens is 170 g/mol. The smallest absolute Gasteiger partial charge is 0.0580 e. The van der Waals surface area contributed by atoms with Gasteiger partial charge in [0.2, 0.25) is 0 Å². The van der Waals surface area contributed by atoms with E-state index in [-0.39, 0.29) is 0 Å². The van der Waals surface area contributed by atoms with Gasteiger partial charge in [-0.1, -0.05) is 36.4 Å². The molecule has 1 aromatic rings. The lowest BCUT2D eigenvalue weighted by Gasteiger charge is -2.23. The lowest BCUT2D eigenvalue weighted by molar-refractivity contribution is 0.797. The quantitative estimate of drug-likeness (QED) is 0.597. The predicted octanol–water partition coefficient (Wildman–Crippen LogP) is 2.85. The number of hydrogen-bond donors (Lipinski definition) is 0. The maximum Gasteiger partial charge on any atom is 0.0580 e. The van der Waals surface area contributed by atoms with Crippen molar-refractivity contribution in [1.29, 1.82) is 0 Å². The van der Waals surface area contributed by atoms with E-state index >= 15 is 0 Å². The first-order valence-electron chi connectivity index (χ1n) is 5.07. The summed E-state index contributed by atoms with van der Waals surface area (Å²) in [7, 11) is 2.18. The van der Waals surface area contributed by atoms with Crippen LogP contribution in [-0.2, 0) is 0 Å². The third-order valence-corrected chi connectivity index (χ3v) is 3.19. The molecule has 3 rings (SSSR count). The molecule has 0 aromatic heterocycles. The Bertz CT molecular complexity index is 429. The summed E-state index contributed by atoms with van der Waals surface area (Å²) in [6, 6.07) is 9.22. The summed E-state index contributed by atoms with van der Waals surface area (Å²) >= 11 is 0. The van der Waals surface area contributed by atoms with Crippen LogP contribution in [0.3, 0.4) is 0 Å². The second-order valence-electron chi connectivity index (χ2n) is 3.93. The van der Waals surface area contributed by atoms with Gasteiger partial charge in [-0.05, 0) is 18.1 Å². The Balaban J connectivity index is 2.22. The van der Waals surface area contributed by atoms with E-state index in [1.54, 1.807) is 0 Å². The molecule has 0 amide bonds. The second kappa shape index (κ2) is 2.74. The van der Waals surface area contributed by atoms with Gasteiger partial charge in [0.25, 0.3) is 0 Å². The van der Waals surface area contributed by atoms with E-state index in [1.807, 2.05) is 0 Å². The van der Waals surface area contributed by atoms with Gasteiger partial charge in [0.1, 0.15) is 0 Å². The highest BCUT2D eigenvalue weighted by Gasteiger charge is 2.30. The van der Waals surface area contributed by atoms with Crippen molar-refractivity contribution in [3.05, 3.63) is 48.1 Å². The van der Waals surface area contributed by atoms with E-state index < -0.39 is 0 Å². The summed E-state index contributed by atoms with van der Waals surface area (Å²) in [5, 5.41) is 0. The maximum atomic E-state index is 2.38. The van der Waals surface area contributed by atoms with Crippen molar-refractivity contribution in [3.63, 3.8) is 0 Å². The van der Waals surface area contributed by atoms with Gasteiger partial charge in [-0.3, -0.25) is 0 Å². The standard InChI is InChI=1S/C13H13N/c1-14-12-8-4-2-6-10(12)11-7-3-5-9-13(11)14/h2-8,13H,9H2,1H3. The first-order valence-corrected chi connectivity index (χ1v) is 5.07. The zero-order valence-corrected chi connectivity index (χ0v) is 8.27. The number of para-hydroxylation sites is 1. The third-order valence-electron chi connectivity index (χ3n) is 3.19. The van der Waals surface area contributed by atoms with Crippen LogP contribution in [0.4, 0.5) is 5.69 Å². The number of likely N-dealkylation sites (N-methyl/N-ethyl adjacent to an activating group) is 1. The van der Waals surface area contributed by atoms with Gasteiger partial charge in [-0.15, -0.1) is 0 Å². The summed E-state index contributed by atoms with van der Waals surface area (Å²) in [6.07, 6.45) is 7.80. The summed E-state index contributed by atoms with van der Waals surface area (Å²) in [5.41, 5.74) is 4.25. The Morgan fingerprint density at radius 3 is 3.07 bits per heavy atom. The molecule has 14 heavy (non-hydrogen) atoms. The Hall–Kier alpha value is -1.50. The number of nitrogens with zero attached hydrogens (tertiary/aromatic N) is 1. The normalized spacial score (nSPS) is 23.1. The topological polar surface area (TPSA) is 3.24 Å². The second-order valence-corrected chi connectivity index (χ2v) is 3.93. The molecule has 70 valence electrons. The van der Waals surface area contributed by atoms with E-state index in [2.05, 4.69) is 54.4 Å². The van der Waals surface area contributed by atoms with Crippen LogP contribution in [-0.4, -0.2) is 13.1 Å². The van der Waals surface area contributed by atoms with E-state index in [0.29, 0.717) is 6.04 Å². The van der Waals surface area contributed by atoms with Crippen LogP contribution < -0.4 is 4.90 Å². The summed E-state index contributed by atoms with van der Waals surface area (Å²) in [4.78, 5) is 2.38. The fourth-order valence-electron chi connectivity index (χ4n) is 2.45. The third kappa shape index (κ3) is 0.897. The number of anilines is 1. The van der Waals surface area contributed by atoms with Gasteiger partial charge >= 0.3 is 0 Å². The van der Waals surface area contributed by atoms with E-state index in [4.69, 9.17) is 0 Å². The van der Waals surface area contributed by atoms with Crippen molar-refractivity contribution >= 4 is 11.3 Å². The summed E-state index contributed by atoms with van der Waals surface area (Å²) in [6.45, 7) is 0. The first-order chi connectivity index (χ1) is 6.88. The summed E-state index contributed by atoms with van der Waals surface area (Å²) in [5.74, 6) is 0. The molecule has 2 aliphatic rings. The minimum Gasteiger partial charge on any atom is -0.367 e. The van der Waals surface area contributed by atoms with Gasteiger partial charge in [0, 0.05) is 18.3 Å². The van der Waals surface area contributed by atoms with Crippen molar-refractivity contribution in [2.24, 2.45) is 0 Å². The molecule has 0 saturated heterocycles. The molecule has 1 aliphatic heterocycles. The molecule has 0 fully saturated rings. The minimum absolute atomic E-state index is 0.567. The van der Waals surface area contributed by atoms with Crippen LogP contribution in [0.25, 0.3) is 5.57 Å². The number of benzene rings is 1. The molecule has 1 aromatic carbocycles. The van der Waals surface area contributed by atoms with Crippen LogP contribution in [0.2, 0.25) is 0 Å². The molecule has 0 spiro atoms. The maximum absolute atomic E-state index is 2.38. The van der Waals surface area contributed by atoms with Crippen molar-refractivity contribution in [3.8, 4) is 0 Å². The molecular formula is C13H13N. The monoisotopic (exact) mass is 183 g/mol. The van der Waals surface area contributed by atoms with Crippen molar-refractivity contribution < 1.29 is 0 Å². The first kappa shape index (κ1) is 7.86. The SMILES string of the molecule is CN1c2ccccc2C2=CC=CCC21. The lowest BCUT2D eigenvalue weighted by Crippen LogP contribution is -2.27. The molecule has 1 aliphatic carbocycles. The Morgan fingerprint density at radius 1 is 1.29 bits per heavy atom. The van der Waals surface area contributed by atoms with Crippen LogP contribution in [0.1, 0.15) is 12.0 Å². The average molecular weight is 183 g/mol. The zero-order valence-electron chi connectivity index (χ0n) is 8.27. The number of hydrogen-bond acceptors (Lipinski definition) is 1. The van der Waals surface area contributed by atoms with Crippen molar-refractivity contribution in [1.82, 2.24) is 0 Å². The molecule has 1 nitrogen and oxygen atoms in total. The molecule has 0 radical (unpaired) electrons. The highest BCUT2D eigenvalue weighted by molar-refractivity contribution is 5.88. The lowest BCUT2D eigenvalue weighted by atomic mass is 9.96. The largest absolute Gasteiger partial charge is 0.367 e. The number of rotatable bonds is 0. The van der Waals surface area contributed by atoms with Crippen molar-refractivity contribution in [2.75, 3.05) is 11.9 Å². The van der Waals surface area contributed by atoms with Crippen LogP contribution in [0, 0.1) is 0 Å². The minimum atomic E-state index is 0.567. The van der Waals surface area contributed by atoms with Gasteiger partial charge < -0.3 is 4.90 Å². The van der Waals surface area contributed by atoms with E-state index in [0.717, 1.165) is 6.42 Å². The van der Waals surface area contributed by atoms with E-state index in [1.165, 1.54) is 16.8 Å². The fraction of sp³-hybridized carbons (Fsp3) is 0.231. The molecule has 0 bridgehead atoms. The number of allylic oxidation sites excluding steroid dienone is 2. The van der Waals surface area contributed by atoms with Crippen molar-refractivity contribution in [2.45, 2.75) is 12.5 Å². The molecule has 0 N–H and O–H groups in total. The van der Waals surface area contributed by atoms with Gasteiger partial charge in [-0.25, -0.2) is 0 Å². The Labute approximate surface area is 84.4 Å². The van der Waals surface area contributed by atoms with Crippen LogP contribution in [0.15, 0.2) is 42.5 Å². The predicted molar refractivity (Wildman–Crippen MR) is 60.4 cm³/mol. The molecule has 0 saturated carbocycles. The number of fused-ring (bicyclic) bond motifs is 3. The van der Waals surface area contributed by atoms with Crippen LogP contribution in [0.5, 0.6) is 0 Å². The molecule has 1 heterocycles. The highest BCUT2D eigenvalue weighted by atomic mass is 15.2. The van der Waals surface area contributed by atoms with Gasteiger partial charge in [-0.2, -0.15) is 0 Å². The average Bonchev–Trinajstić information content (AvgIpc) is 2.55. The Morgan fingerprint density at radius 2 is 2.14 bits per heavy atom. The zero-order chi connectivity index (χ0) is 9.54.